The number of aromatic nitrogens is 1. The molecule has 0 radical (unpaired) electrons. The van der Waals surface area contributed by atoms with E-state index in [9.17, 15) is 9.59 Å². The molecule has 0 bridgehead atoms. The Morgan fingerprint density at radius 3 is 2.10 bits per heavy atom. The second kappa shape index (κ2) is 10.6. The van der Waals surface area contributed by atoms with Crippen molar-refractivity contribution in [2.75, 3.05) is 16.4 Å². The quantitative estimate of drug-likeness (QED) is 0.556. The molecule has 2 N–H and O–H groups in total. The number of anilines is 2. The maximum atomic E-state index is 12.4. The summed E-state index contributed by atoms with van der Waals surface area (Å²) >= 11 is 1.31. The van der Waals surface area contributed by atoms with Crippen molar-refractivity contribution in [2.24, 2.45) is 0 Å². The third kappa shape index (κ3) is 6.74. The summed E-state index contributed by atoms with van der Waals surface area (Å²) in [7, 11) is 0. The van der Waals surface area contributed by atoms with Crippen LogP contribution < -0.4 is 10.6 Å². The fourth-order valence-electron chi connectivity index (χ4n) is 2.80. The van der Waals surface area contributed by atoms with Crippen LogP contribution in [0.5, 0.6) is 0 Å². The van der Waals surface area contributed by atoms with Gasteiger partial charge in [-0.2, -0.15) is 0 Å². The van der Waals surface area contributed by atoms with Crippen LogP contribution in [0.25, 0.3) is 0 Å². The van der Waals surface area contributed by atoms with Gasteiger partial charge in [0.25, 0.3) is 0 Å². The minimum atomic E-state index is -0.342. The number of rotatable bonds is 8. The van der Waals surface area contributed by atoms with Gasteiger partial charge >= 0.3 is 0 Å². The molecule has 5 nitrogen and oxygen atoms in total. The third-order valence-electron chi connectivity index (χ3n) is 4.55. The molecule has 3 aromatic rings. The van der Waals surface area contributed by atoms with E-state index in [1.165, 1.54) is 17.3 Å². The number of aryl methyl sites for hydroxylation is 1. The monoisotopic (exact) mass is 419 g/mol. The van der Waals surface area contributed by atoms with E-state index >= 15 is 0 Å². The van der Waals surface area contributed by atoms with Crippen molar-refractivity contribution in [1.82, 2.24) is 4.98 Å². The summed E-state index contributed by atoms with van der Waals surface area (Å²) < 4.78 is 0. The zero-order chi connectivity index (χ0) is 21.3. The molecule has 1 aromatic heterocycles. The maximum absolute atomic E-state index is 12.4. The van der Waals surface area contributed by atoms with Crippen molar-refractivity contribution in [2.45, 2.75) is 25.5 Å². The van der Waals surface area contributed by atoms with Crippen LogP contribution in [-0.4, -0.2) is 27.8 Å². The van der Waals surface area contributed by atoms with Gasteiger partial charge in [0.15, 0.2) is 0 Å². The van der Waals surface area contributed by atoms with E-state index in [1.807, 2.05) is 67.6 Å². The summed E-state index contributed by atoms with van der Waals surface area (Å²) in [5, 5.41) is 5.41. The first-order chi connectivity index (χ1) is 14.5. The molecule has 1 unspecified atom stereocenters. The van der Waals surface area contributed by atoms with Gasteiger partial charge in [-0.25, -0.2) is 0 Å². The lowest BCUT2D eigenvalue weighted by molar-refractivity contribution is -0.115. The molecule has 0 spiro atoms. The summed E-state index contributed by atoms with van der Waals surface area (Å²) in [6, 6.07) is 19.4. The number of thioether (sulfide) groups is 1. The summed E-state index contributed by atoms with van der Waals surface area (Å²) in [5.41, 5.74) is 4.99. The summed E-state index contributed by atoms with van der Waals surface area (Å²) in [6.45, 7) is 3.80. The molecule has 0 aliphatic rings. The number of hydrogen-bond donors (Lipinski definition) is 2. The van der Waals surface area contributed by atoms with Crippen LogP contribution in [0.2, 0.25) is 0 Å². The first-order valence-corrected chi connectivity index (χ1v) is 10.8. The lowest BCUT2D eigenvalue weighted by atomic mass is 10.1. The first kappa shape index (κ1) is 21.6. The number of carbonyl (C=O) groups excluding carboxylic acids is 2. The van der Waals surface area contributed by atoms with Crippen molar-refractivity contribution in [1.29, 1.82) is 0 Å². The molecule has 0 aliphatic heterocycles. The fourth-order valence-corrected chi connectivity index (χ4v) is 3.48. The number of nitrogens with one attached hydrogen (secondary N) is 2. The number of amides is 2. The van der Waals surface area contributed by atoms with Crippen LogP contribution in [0.3, 0.4) is 0 Å². The van der Waals surface area contributed by atoms with Gasteiger partial charge in [-0.05, 0) is 67.8 Å². The topological polar surface area (TPSA) is 71.1 Å². The van der Waals surface area contributed by atoms with Gasteiger partial charge in [0.05, 0.1) is 11.0 Å². The average molecular weight is 420 g/mol. The maximum Gasteiger partial charge on any atom is 0.237 e. The molecule has 154 valence electrons. The van der Waals surface area contributed by atoms with E-state index < -0.39 is 0 Å². The predicted molar refractivity (Wildman–Crippen MR) is 124 cm³/mol. The van der Waals surface area contributed by atoms with Gasteiger partial charge in [-0.3, -0.25) is 14.6 Å². The van der Waals surface area contributed by atoms with Gasteiger partial charge in [-0.1, -0.05) is 29.8 Å². The third-order valence-corrected chi connectivity index (χ3v) is 5.69. The minimum Gasteiger partial charge on any atom is -0.325 e. The summed E-state index contributed by atoms with van der Waals surface area (Å²) in [6.07, 6.45) is 4.38. The Hall–Kier alpha value is -3.12. The highest BCUT2D eigenvalue weighted by Crippen LogP contribution is 2.17. The lowest BCUT2D eigenvalue weighted by Crippen LogP contribution is -2.25. The number of benzene rings is 2. The Morgan fingerprint density at radius 1 is 0.867 bits per heavy atom. The molecular formula is C24H25N3O2S. The highest BCUT2D eigenvalue weighted by atomic mass is 32.2. The average Bonchev–Trinajstić information content (AvgIpc) is 2.76. The molecule has 2 aromatic carbocycles. The molecule has 0 fully saturated rings. The van der Waals surface area contributed by atoms with E-state index in [4.69, 9.17) is 0 Å². The van der Waals surface area contributed by atoms with Crippen molar-refractivity contribution in [3.63, 3.8) is 0 Å². The van der Waals surface area contributed by atoms with Gasteiger partial charge < -0.3 is 10.6 Å². The SMILES string of the molecule is Cc1ccc(NC(=O)CSC(C)C(=O)Nc2ccc(Cc3ccncc3)cc2)cc1. The largest absolute Gasteiger partial charge is 0.325 e. The Balaban J connectivity index is 1.44. The predicted octanol–water partition coefficient (Wildman–Crippen LogP) is 4.68. The molecule has 0 saturated heterocycles. The second-order valence-electron chi connectivity index (χ2n) is 7.09. The summed E-state index contributed by atoms with van der Waals surface area (Å²) in [4.78, 5) is 28.6. The Labute approximate surface area is 181 Å². The van der Waals surface area contributed by atoms with Gasteiger partial charge in [0, 0.05) is 23.8 Å². The minimum absolute atomic E-state index is 0.120. The van der Waals surface area contributed by atoms with Crippen molar-refractivity contribution in [3.05, 3.63) is 89.7 Å². The molecule has 1 heterocycles. The van der Waals surface area contributed by atoms with E-state index in [0.717, 1.165) is 28.9 Å². The van der Waals surface area contributed by atoms with Gasteiger partial charge in [0.2, 0.25) is 11.8 Å². The van der Waals surface area contributed by atoms with E-state index in [0.29, 0.717) is 0 Å². The zero-order valence-electron chi connectivity index (χ0n) is 17.1. The molecule has 2 amide bonds. The van der Waals surface area contributed by atoms with Crippen LogP contribution in [-0.2, 0) is 16.0 Å². The standard InChI is InChI=1S/C24H25N3O2S/c1-17-3-7-21(8-4-17)26-23(28)16-30-18(2)24(29)27-22-9-5-19(6-10-22)15-20-11-13-25-14-12-20/h3-14,18H,15-16H2,1-2H3,(H,26,28)(H,27,29). The van der Waals surface area contributed by atoms with Crippen molar-refractivity contribution < 1.29 is 9.59 Å². The number of pyridine rings is 1. The Morgan fingerprint density at radius 2 is 1.43 bits per heavy atom. The Bertz CT molecular complexity index is 974. The molecule has 0 aliphatic carbocycles. The van der Waals surface area contributed by atoms with Crippen LogP contribution in [0.4, 0.5) is 11.4 Å². The van der Waals surface area contributed by atoms with Gasteiger partial charge in [0.1, 0.15) is 0 Å². The second-order valence-corrected chi connectivity index (χ2v) is 8.41. The van der Waals surface area contributed by atoms with E-state index in [2.05, 4.69) is 15.6 Å². The fraction of sp³-hybridized carbons (Fsp3) is 0.208. The van der Waals surface area contributed by atoms with E-state index in [-0.39, 0.29) is 22.8 Å². The van der Waals surface area contributed by atoms with Crippen molar-refractivity contribution in [3.8, 4) is 0 Å². The highest BCUT2D eigenvalue weighted by Gasteiger charge is 2.15. The summed E-state index contributed by atoms with van der Waals surface area (Å²) in [5.74, 6) is -0.0261. The van der Waals surface area contributed by atoms with Gasteiger partial charge in [-0.15, -0.1) is 11.8 Å². The zero-order valence-corrected chi connectivity index (χ0v) is 17.9. The molecule has 3 rings (SSSR count). The van der Waals surface area contributed by atoms with Crippen LogP contribution in [0.15, 0.2) is 73.1 Å². The normalized spacial score (nSPS) is 11.5. The number of carbonyl (C=O) groups is 2. The number of hydrogen-bond acceptors (Lipinski definition) is 4. The highest BCUT2D eigenvalue weighted by molar-refractivity contribution is 8.01. The van der Waals surface area contributed by atoms with Crippen LogP contribution in [0, 0.1) is 6.92 Å². The van der Waals surface area contributed by atoms with E-state index in [1.54, 1.807) is 19.3 Å². The molecular weight excluding hydrogens is 394 g/mol. The molecule has 0 saturated carbocycles. The number of nitrogens with zero attached hydrogens (tertiary/aromatic N) is 1. The lowest BCUT2D eigenvalue weighted by Gasteiger charge is -2.13. The van der Waals surface area contributed by atoms with Crippen molar-refractivity contribution >= 4 is 35.0 Å². The molecule has 1 atom stereocenters. The Kier molecular flexibility index (Phi) is 7.63. The smallest absolute Gasteiger partial charge is 0.237 e. The molecule has 30 heavy (non-hydrogen) atoms. The van der Waals surface area contributed by atoms with Crippen LogP contribution in [0.1, 0.15) is 23.6 Å². The molecule has 6 heteroatoms. The van der Waals surface area contributed by atoms with Crippen LogP contribution >= 0.6 is 11.8 Å². The first-order valence-electron chi connectivity index (χ1n) is 9.76.